The van der Waals surface area contributed by atoms with Crippen molar-refractivity contribution in [3.05, 3.63) is 29.8 Å². The minimum atomic E-state index is -0.203. The van der Waals surface area contributed by atoms with Gasteiger partial charge in [-0.15, -0.1) is 11.3 Å². The molecule has 0 aliphatic carbocycles. The lowest BCUT2D eigenvalue weighted by molar-refractivity contribution is 0.174. The van der Waals surface area contributed by atoms with Crippen LogP contribution in [0, 0.1) is 5.92 Å². The number of amides is 2. The number of hydrogen-bond acceptors (Lipinski definition) is 6. The molecule has 2 aliphatic heterocycles. The fraction of sp³-hybridized carbons (Fsp3) is 0.412. The van der Waals surface area contributed by atoms with Gasteiger partial charge in [-0.3, -0.25) is 0 Å². The van der Waals surface area contributed by atoms with E-state index in [4.69, 9.17) is 9.47 Å². The van der Waals surface area contributed by atoms with Crippen LogP contribution in [-0.4, -0.2) is 37.4 Å². The van der Waals surface area contributed by atoms with E-state index in [9.17, 15) is 4.79 Å². The van der Waals surface area contributed by atoms with Gasteiger partial charge in [0.15, 0.2) is 16.6 Å². The Labute approximate surface area is 150 Å². The molecule has 1 fully saturated rings. The highest BCUT2D eigenvalue weighted by atomic mass is 32.1. The van der Waals surface area contributed by atoms with Gasteiger partial charge in [-0.05, 0) is 30.9 Å². The third-order valence-electron chi connectivity index (χ3n) is 4.39. The van der Waals surface area contributed by atoms with Gasteiger partial charge in [0.1, 0.15) is 0 Å². The molecule has 0 radical (unpaired) electrons. The van der Waals surface area contributed by atoms with Gasteiger partial charge in [0.25, 0.3) is 0 Å². The maximum atomic E-state index is 12.1. The summed E-state index contributed by atoms with van der Waals surface area (Å²) in [6.07, 6.45) is 4.07. The van der Waals surface area contributed by atoms with Crippen LogP contribution < -0.4 is 25.0 Å². The third kappa shape index (κ3) is 3.79. The number of nitrogens with zero attached hydrogens (tertiary/aromatic N) is 2. The number of aromatic nitrogens is 1. The molecule has 1 saturated heterocycles. The van der Waals surface area contributed by atoms with E-state index >= 15 is 0 Å². The molecule has 2 amide bonds. The van der Waals surface area contributed by atoms with Crippen molar-refractivity contribution >= 4 is 28.2 Å². The lowest BCUT2D eigenvalue weighted by Crippen LogP contribution is -2.42. The average molecular weight is 360 g/mol. The van der Waals surface area contributed by atoms with Gasteiger partial charge in [0, 0.05) is 43.0 Å². The Hall–Kier alpha value is -2.48. The van der Waals surface area contributed by atoms with E-state index in [1.165, 1.54) is 0 Å². The minimum Gasteiger partial charge on any atom is -0.454 e. The van der Waals surface area contributed by atoms with Gasteiger partial charge in [0.2, 0.25) is 6.79 Å². The van der Waals surface area contributed by atoms with Gasteiger partial charge < -0.3 is 25.0 Å². The van der Waals surface area contributed by atoms with Crippen LogP contribution in [0.5, 0.6) is 11.5 Å². The van der Waals surface area contributed by atoms with Gasteiger partial charge in [-0.25, -0.2) is 9.78 Å². The van der Waals surface area contributed by atoms with Crippen LogP contribution in [0.1, 0.15) is 12.8 Å². The third-order valence-corrected chi connectivity index (χ3v) is 5.22. The number of piperidine rings is 1. The van der Waals surface area contributed by atoms with Crippen molar-refractivity contribution < 1.29 is 14.3 Å². The Bertz CT molecular complexity index is 737. The Morgan fingerprint density at radius 2 is 2.28 bits per heavy atom. The molecule has 132 valence electrons. The second-order valence-corrected chi connectivity index (χ2v) is 7.05. The van der Waals surface area contributed by atoms with E-state index in [0.717, 1.165) is 31.1 Å². The van der Waals surface area contributed by atoms with Crippen molar-refractivity contribution in [1.29, 1.82) is 0 Å². The Balaban J connectivity index is 1.27. The number of carbonyl (C=O) groups is 1. The second kappa shape index (κ2) is 7.18. The van der Waals surface area contributed by atoms with Crippen LogP contribution >= 0.6 is 11.3 Å². The summed E-state index contributed by atoms with van der Waals surface area (Å²) in [6, 6.07) is 5.17. The molecule has 2 aliphatic rings. The largest absolute Gasteiger partial charge is 0.454 e. The minimum absolute atomic E-state index is 0.203. The molecule has 1 unspecified atom stereocenters. The number of fused-ring (bicyclic) bond motifs is 1. The first-order valence-electron chi connectivity index (χ1n) is 8.37. The van der Waals surface area contributed by atoms with E-state index in [1.807, 2.05) is 11.6 Å². The van der Waals surface area contributed by atoms with Crippen LogP contribution in [0.15, 0.2) is 29.8 Å². The van der Waals surface area contributed by atoms with E-state index < -0.39 is 0 Å². The molecule has 1 atom stereocenters. The summed E-state index contributed by atoms with van der Waals surface area (Å²) < 4.78 is 10.6. The first kappa shape index (κ1) is 16.0. The van der Waals surface area contributed by atoms with Gasteiger partial charge in [0.05, 0.1) is 0 Å². The van der Waals surface area contributed by atoms with Gasteiger partial charge in [-0.2, -0.15) is 0 Å². The molecule has 0 bridgehead atoms. The molecule has 7 nitrogen and oxygen atoms in total. The van der Waals surface area contributed by atoms with Crippen molar-refractivity contribution in [3.8, 4) is 11.5 Å². The predicted octanol–water partition coefficient (Wildman–Crippen LogP) is 2.91. The summed E-state index contributed by atoms with van der Waals surface area (Å²) in [6.45, 7) is 2.84. The number of carbonyl (C=O) groups excluding carboxylic acids is 1. The van der Waals surface area contributed by atoms with Crippen molar-refractivity contribution in [2.75, 3.05) is 36.6 Å². The Morgan fingerprint density at radius 3 is 3.16 bits per heavy atom. The van der Waals surface area contributed by atoms with Crippen LogP contribution in [0.4, 0.5) is 15.6 Å². The topological polar surface area (TPSA) is 75.7 Å². The zero-order valence-corrected chi connectivity index (χ0v) is 14.6. The van der Waals surface area contributed by atoms with Crippen molar-refractivity contribution in [2.24, 2.45) is 5.92 Å². The Kier molecular flexibility index (Phi) is 4.60. The molecule has 25 heavy (non-hydrogen) atoms. The SMILES string of the molecule is O=C(NCC1CCCN(c2nccs2)C1)Nc1ccc2c(c1)OCO2. The highest BCUT2D eigenvalue weighted by Crippen LogP contribution is 2.34. The number of anilines is 2. The van der Waals surface area contributed by atoms with Crippen LogP contribution in [0.3, 0.4) is 0 Å². The monoisotopic (exact) mass is 360 g/mol. The molecule has 1 aromatic carbocycles. The molecule has 1 aromatic heterocycles. The van der Waals surface area contributed by atoms with Crippen molar-refractivity contribution in [3.63, 3.8) is 0 Å². The predicted molar refractivity (Wildman–Crippen MR) is 96.6 cm³/mol. The summed E-state index contributed by atoms with van der Waals surface area (Å²) in [5.74, 6) is 1.79. The fourth-order valence-corrected chi connectivity index (χ4v) is 3.84. The molecule has 0 saturated carbocycles. The first-order chi connectivity index (χ1) is 12.3. The van der Waals surface area contributed by atoms with E-state index in [0.29, 0.717) is 29.6 Å². The van der Waals surface area contributed by atoms with Crippen LogP contribution in [0.25, 0.3) is 0 Å². The van der Waals surface area contributed by atoms with Crippen LogP contribution in [0.2, 0.25) is 0 Å². The highest BCUT2D eigenvalue weighted by Gasteiger charge is 2.22. The molecule has 0 spiro atoms. The Morgan fingerprint density at radius 1 is 1.36 bits per heavy atom. The molecule has 3 heterocycles. The van der Waals surface area contributed by atoms with Gasteiger partial charge in [-0.1, -0.05) is 0 Å². The molecule has 2 aromatic rings. The number of rotatable bonds is 4. The number of ether oxygens (including phenoxy) is 2. The number of benzene rings is 1. The molecule has 2 N–H and O–H groups in total. The second-order valence-electron chi connectivity index (χ2n) is 6.17. The maximum Gasteiger partial charge on any atom is 0.319 e. The fourth-order valence-electron chi connectivity index (χ4n) is 3.16. The molecular weight excluding hydrogens is 340 g/mol. The summed E-state index contributed by atoms with van der Waals surface area (Å²) in [5.41, 5.74) is 0.690. The lowest BCUT2D eigenvalue weighted by atomic mass is 9.98. The normalized spacial score (nSPS) is 18.9. The summed E-state index contributed by atoms with van der Waals surface area (Å²) in [7, 11) is 0. The number of nitrogens with one attached hydrogen (secondary N) is 2. The quantitative estimate of drug-likeness (QED) is 0.877. The average Bonchev–Trinajstić information content (AvgIpc) is 3.31. The van der Waals surface area contributed by atoms with Crippen molar-refractivity contribution in [1.82, 2.24) is 10.3 Å². The number of urea groups is 1. The summed E-state index contributed by atoms with van der Waals surface area (Å²) in [4.78, 5) is 18.8. The number of thiazole rings is 1. The summed E-state index contributed by atoms with van der Waals surface area (Å²) >= 11 is 1.66. The molecular formula is C17H20N4O3S. The maximum absolute atomic E-state index is 12.1. The highest BCUT2D eigenvalue weighted by molar-refractivity contribution is 7.13. The number of hydrogen-bond donors (Lipinski definition) is 2. The zero-order valence-electron chi connectivity index (χ0n) is 13.7. The standard InChI is InChI=1S/C17H20N4O3S/c22-16(20-13-3-4-14-15(8-13)24-11-23-14)19-9-12-2-1-6-21(10-12)17-18-5-7-25-17/h3-5,7-8,12H,1-2,6,9-11H2,(H2,19,20,22). The molecule has 8 heteroatoms. The zero-order chi connectivity index (χ0) is 17.1. The first-order valence-corrected chi connectivity index (χ1v) is 9.25. The summed E-state index contributed by atoms with van der Waals surface area (Å²) in [5, 5.41) is 8.87. The van der Waals surface area contributed by atoms with Crippen molar-refractivity contribution in [2.45, 2.75) is 12.8 Å². The van der Waals surface area contributed by atoms with Gasteiger partial charge >= 0.3 is 6.03 Å². The smallest absolute Gasteiger partial charge is 0.319 e. The van der Waals surface area contributed by atoms with E-state index in [-0.39, 0.29) is 12.8 Å². The van der Waals surface area contributed by atoms with E-state index in [2.05, 4.69) is 20.5 Å². The van der Waals surface area contributed by atoms with E-state index in [1.54, 1.807) is 29.5 Å². The molecule has 4 rings (SSSR count). The van der Waals surface area contributed by atoms with Crippen LogP contribution in [-0.2, 0) is 0 Å². The lowest BCUT2D eigenvalue weighted by Gasteiger charge is -2.32.